The maximum absolute atomic E-state index is 3.26. The Morgan fingerprint density at radius 1 is 0.743 bits per heavy atom. The molecule has 0 amide bonds. The van der Waals surface area contributed by atoms with Crippen LogP contribution in [0.15, 0.2) is 60.2 Å². The van der Waals surface area contributed by atoms with Crippen LogP contribution in [0.1, 0.15) is 94.2 Å². The van der Waals surface area contributed by atoms with Crippen LogP contribution in [0.3, 0.4) is 0 Å². The Morgan fingerprint density at radius 2 is 1.14 bits per heavy atom. The van der Waals surface area contributed by atoms with E-state index in [1.54, 1.807) is 24.2 Å². The zero-order valence-corrected chi connectivity index (χ0v) is 26.7. The van der Waals surface area contributed by atoms with Crippen LogP contribution in [0.2, 0.25) is 0 Å². The Morgan fingerprint density at radius 3 is 1.40 bits per heavy atom. The van der Waals surface area contributed by atoms with E-state index in [1.807, 2.05) is 0 Å². The molecule has 0 saturated carbocycles. The molecule has 1 heteroatoms. The predicted molar refractivity (Wildman–Crippen MR) is 155 cm³/mol. The number of benzene rings is 2. The molecule has 1 aliphatic rings. The van der Waals surface area contributed by atoms with Crippen molar-refractivity contribution in [2.75, 3.05) is 0 Å². The number of rotatable bonds is 0. The van der Waals surface area contributed by atoms with Crippen molar-refractivity contribution in [1.82, 2.24) is 0 Å². The average molecular weight is 546 g/mol. The minimum absolute atomic E-state index is 0.194. The fraction of sp³-hybridized carbons (Fsp3) is 0.471. The van der Waals surface area contributed by atoms with E-state index in [-0.39, 0.29) is 10.8 Å². The first-order valence-electron chi connectivity index (χ1n) is 12.9. The Kier molecular flexibility index (Phi) is 9.61. The summed E-state index contributed by atoms with van der Waals surface area (Å²) in [6.45, 7) is 26.8. The van der Waals surface area contributed by atoms with Gasteiger partial charge in [-0.25, -0.2) is 6.08 Å². The van der Waals surface area contributed by atoms with Crippen LogP contribution >= 0.6 is 0 Å². The molecule has 0 nitrogen and oxygen atoms in total. The van der Waals surface area contributed by atoms with E-state index >= 15 is 0 Å². The quantitative estimate of drug-likeness (QED) is 0.247. The summed E-state index contributed by atoms with van der Waals surface area (Å²) in [6, 6.07) is 16.1. The van der Waals surface area contributed by atoms with Gasteiger partial charge in [-0.2, -0.15) is 11.6 Å². The third kappa shape index (κ3) is 8.56. The van der Waals surface area contributed by atoms with Crippen LogP contribution in [0.5, 0.6) is 0 Å². The SMILES string of the molecule is CC(C)(C)c1ccc2[cH-]c3ccc(C(C)(C)C)cc3c2c1.CC1[C-]=CC(C(C)(C)C)=C1.C[C](C)=[Zr+2]. The molecule has 4 rings (SSSR count). The first-order chi connectivity index (χ1) is 15.9. The third-order valence-electron chi connectivity index (χ3n) is 6.24. The van der Waals surface area contributed by atoms with Gasteiger partial charge in [0.25, 0.3) is 0 Å². The Hall–Kier alpha value is -1.46. The maximum atomic E-state index is 3.26. The zero-order chi connectivity index (χ0) is 26.8. The van der Waals surface area contributed by atoms with Gasteiger partial charge in [0.2, 0.25) is 0 Å². The summed E-state index contributed by atoms with van der Waals surface area (Å²) < 4.78 is 1.51. The monoisotopic (exact) mass is 544 g/mol. The molecule has 3 aromatic carbocycles. The van der Waals surface area contributed by atoms with Crippen molar-refractivity contribution in [2.24, 2.45) is 11.3 Å². The summed E-state index contributed by atoms with van der Waals surface area (Å²) in [7, 11) is 0. The molecule has 0 radical (unpaired) electrons. The van der Waals surface area contributed by atoms with Crippen molar-refractivity contribution in [1.29, 1.82) is 0 Å². The first kappa shape index (κ1) is 29.8. The van der Waals surface area contributed by atoms with E-state index in [0.29, 0.717) is 11.3 Å². The summed E-state index contributed by atoms with van der Waals surface area (Å²) >= 11 is 1.55. The molecule has 3 aromatic rings. The van der Waals surface area contributed by atoms with E-state index in [9.17, 15) is 0 Å². The third-order valence-corrected chi connectivity index (χ3v) is 6.24. The molecule has 0 spiro atoms. The second kappa shape index (κ2) is 11.3. The standard InChI is InChI=1S/C21H25.C10H15.C3H6.Zr/c1-20(2,3)16-9-7-14-11-15-8-10-17(21(4,5)6)13-19(15)18(14)12-16;1-8-5-6-9(7-8)10(2,3)4;1-3-2;/h7-13H,1-6H3;6-8H,1-4H3;1-2H3;/q2*-1;;+2. The zero-order valence-electron chi connectivity index (χ0n) is 24.3. The fourth-order valence-corrected chi connectivity index (χ4v) is 3.98. The van der Waals surface area contributed by atoms with Crippen LogP contribution < -0.4 is 0 Å². The van der Waals surface area contributed by atoms with Gasteiger partial charge in [0.15, 0.2) is 0 Å². The van der Waals surface area contributed by atoms with E-state index in [0.717, 1.165) is 0 Å². The number of hydrogen-bond donors (Lipinski definition) is 0. The van der Waals surface area contributed by atoms with Crippen molar-refractivity contribution >= 4 is 24.8 Å². The summed E-state index contributed by atoms with van der Waals surface area (Å²) in [6.07, 6.45) is 7.65. The van der Waals surface area contributed by atoms with Crippen molar-refractivity contribution in [3.8, 4) is 0 Å². The van der Waals surface area contributed by atoms with Crippen LogP contribution in [-0.4, -0.2) is 3.21 Å². The van der Waals surface area contributed by atoms with Crippen LogP contribution in [-0.2, 0) is 35.1 Å². The van der Waals surface area contributed by atoms with Gasteiger partial charge in [0, 0.05) is 0 Å². The van der Waals surface area contributed by atoms with E-state index in [4.69, 9.17) is 0 Å². The van der Waals surface area contributed by atoms with Crippen molar-refractivity contribution in [3.63, 3.8) is 0 Å². The van der Waals surface area contributed by atoms with Crippen molar-refractivity contribution in [3.05, 3.63) is 77.4 Å². The molecule has 35 heavy (non-hydrogen) atoms. The van der Waals surface area contributed by atoms with Gasteiger partial charge in [-0.1, -0.05) is 116 Å². The van der Waals surface area contributed by atoms with Crippen molar-refractivity contribution < 1.29 is 24.2 Å². The minimum atomic E-state index is 0.194. The number of allylic oxidation sites excluding steroid dienone is 4. The summed E-state index contributed by atoms with van der Waals surface area (Å²) in [5.41, 5.74) is 4.92. The molecule has 0 aromatic heterocycles. The van der Waals surface area contributed by atoms with Gasteiger partial charge >= 0.3 is 41.3 Å². The average Bonchev–Trinajstić information content (AvgIpc) is 3.29. The second-order valence-electron chi connectivity index (χ2n) is 13.2. The van der Waals surface area contributed by atoms with Crippen LogP contribution in [0.4, 0.5) is 0 Å². The molecule has 186 valence electrons. The molecule has 0 fully saturated rings. The van der Waals surface area contributed by atoms with Gasteiger partial charge in [0.05, 0.1) is 0 Å². The van der Waals surface area contributed by atoms with Crippen LogP contribution in [0.25, 0.3) is 21.5 Å². The molecular weight excluding hydrogens is 500 g/mol. The Bertz CT molecular complexity index is 1150. The van der Waals surface area contributed by atoms with E-state index < -0.39 is 0 Å². The van der Waals surface area contributed by atoms with Gasteiger partial charge in [-0.05, 0) is 10.8 Å². The van der Waals surface area contributed by atoms with Crippen LogP contribution in [0, 0.1) is 17.4 Å². The molecule has 1 unspecified atom stereocenters. The molecule has 0 aliphatic heterocycles. The molecule has 1 aliphatic carbocycles. The number of hydrogen-bond acceptors (Lipinski definition) is 0. The Balaban J connectivity index is 0.000000257. The molecule has 0 bridgehead atoms. The molecular formula is C34H46Zr. The number of fused-ring (bicyclic) bond motifs is 3. The predicted octanol–water partition coefficient (Wildman–Crippen LogP) is 10.0. The Labute approximate surface area is 230 Å². The van der Waals surface area contributed by atoms with E-state index in [1.165, 1.54) is 41.5 Å². The first-order valence-corrected chi connectivity index (χ1v) is 14.1. The molecule has 1 atom stereocenters. The normalized spacial score (nSPS) is 15.9. The second-order valence-corrected chi connectivity index (χ2v) is 15.7. The fourth-order valence-electron chi connectivity index (χ4n) is 3.98. The summed E-state index contributed by atoms with van der Waals surface area (Å²) in [5, 5.41) is 5.49. The molecule has 0 heterocycles. The summed E-state index contributed by atoms with van der Waals surface area (Å²) in [4.78, 5) is 0. The molecule has 0 saturated heterocycles. The molecule has 0 N–H and O–H groups in total. The topological polar surface area (TPSA) is 0 Å². The van der Waals surface area contributed by atoms with Gasteiger partial charge in [0.1, 0.15) is 0 Å². The summed E-state index contributed by atoms with van der Waals surface area (Å²) in [5.74, 6) is 0.522. The van der Waals surface area contributed by atoms with Crippen molar-refractivity contribution in [2.45, 2.75) is 93.9 Å². The van der Waals surface area contributed by atoms with E-state index in [2.05, 4.69) is 144 Å². The van der Waals surface area contributed by atoms with Gasteiger partial charge in [-0.15, -0.1) is 39.7 Å². The van der Waals surface area contributed by atoms with Gasteiger partial charge < -0.3 is 0 Å². The van der Waals surface area contributed by atoms with Gasteiger partial charge in [-0.3, -0.25) is 6.08 Å².